The Morgan fingerprint density at radius 3 is 2.33 bits per heavy atom. The smallest absolute Gasteiger partial charge is 0.224 e. The van der Waals surface area contributed by atoms with Crippen LogP contribution >= 0.6 is 0 Å². The summed E-state index contributed by atoms with van der Waals surface area (Å²) in [6.07, 6.45) is 0.351. The second-order valence-electron chi connectivity index (χ2n) is 4.98. The van der Waals surface area contributed by atoms with E-state index in [1.54, 1.807) is 7.11 Å². The van der Waals surface area contributed by atoms with Crippen LogP contribution in [0, 0.1) is 0 Å². The Kier molecular flexibility index (Phi) is 4.82. The molecule has 1 amide bonds. The highest BCUT2D eigenvalue weighted by Crippen LogP contribution is 2.15. The van der Waals surface area contributed by atoms with Gasteiger partial charge in [-0.1, -0.05) is 24.3 Å². The summed E-state index contributed by atoms with van der Waals surface area (Å²) in [5.41, 5.74) is 8.37. The number of benzene rings is 2. The van der Waals surface area contributed by atoms with Crippen molar-refractivity contribution in [1.82, 2.24) is 5.32 Å². The topological polar surface area (TPSA) is 64.3 Å². The van der Waals surface area contributed by atoms with E-state index in [9.17, 15) is 4.79 Å². The van der Waals surface area contributed by atoms with E-state index in [0.717, 1.165) is 22.6 Å². The second-order valence-corrected chi connectivity index (χ2v) is 4.98. The number of nitrogens with two attached hydrogens (primary N) is 1. The maximum atomic E-state index is 12.1. The summed E-state index contributed by atoms with van der Waals surface area (Å²) >= 11 is 0. The number of rotatable bonds is 5. The Morgan fingerprint density at radius 2 is 1.76 bits per heavy atom. The molecule has 2 aromatic rings. The lowest BCUT2D eigenvalue weighted by atomic mass is 10.1. The average molecular weight is 284 g/mol. The van der Waals surface area contributed by atoms with Gasteiger partial charge < -0.3 is 15.8 Å². The fourth-order valence-electron chi connectivity index (χ4n) is 2.09. The van der Waals surface area contributed by atoms with Gasteiger partial charge >= 0.3 is 0 Å². The molecule has 0 bridgehead atoms. The Bertz CT molecular complexity index is 591. The van der Waals surface area contributed by atoms with Crippen LogP contribution in [0.1, 0.15) is 24.1 Å². The number of ether oxygens (including phenoxy) is 1. The quantitative estimate of drug-likeness (QED) is 0.830. The minimum atomic E-state index is -0.0450. The molecule has 1 unspecified atom stereocenters. The highest BCUT2D eigenvalue weighted by atomic mass is 16.5. The van der Waals surface area contributed by atoms with Crippen molar-refractivity contribution < 1.29 is 9.53 Å². The first kappa shape index (κ1) is 14.9. The van der Waals surface area contributed by atoms with Gasteiger partial charge in [-0.3, -0.25) is 4.79 Å². The van der Waals surface area contributed by atoms with E-state index in [1.165, 1.54) is 0 Å². The number of nitrogens with one attached hydrogen (secondary N) is 1. The number of anilines is 1. The van der Waals surface area contributed by atoms with Crippen molar-refractivity contribution >= 4 is 11.6 Å². The van der Waals surface area contributed by atoms with Gasteiger partial charge in [0.05, 0.1) is 19.6 Å². The van der Waals surface area contributed by atoms with Gasteiger partial charge in [-0.05, 0) is 42.3 Å². The van der Waals surface area contributed by atoms with E-state index < -0.39 is 0 Å². The molecule has 0 spiro atoms. The normalized spacial score (nSPS) is 11.7. The van der Waals surface area contributed by atoms with Crippen molar-refractivity contribution in [1.29, 1.82) is 0 Å². The Hall–Kier alpha value is -2.49. The van der Waals surface area contributed by atoms with E-state index in [2.05, 4.69) is 5.32 Å². The van der Waals surface area contributed by atoms with Gasteiger partial charge in [-0.25, -0.2) is 0 Å². The summed E-state index contributed by atoms with van der Waals surface area (Å²) in [7, 11) is 1.62. The molecular weight excluding hydrogens is 264 g/mol. The maximum absolute atomic E-state index is 12.1. The minimum absolute atomic E-state index is 0.00973. The predicted octanol–water partition coefficient (Wildman–Crippen LogP) is 2.70. The van der Waals surface area contributed by atoms with Crippen LogP contribution in [0.15, 0.2) is 48.5 Å². The molecule has 4 nitrogen and oxygen atoms in total. The largest absolute Gasteiger partial charge is 0.497 e. The van der Waals surface area contributed by atoms with Crippen molar-refractivity contribution in [3.63, 3.8) is 0 Å². The van der Waals surface area contributed by atoms with E-state index in [4.69, 9.17) is 10.5 Å². The van der Waals surface area contributed by atoms with Crippen LogP contribution in [0.3, 0.4) is 0 Å². The van der Waals surface area contributed by atoms with Gasteiger partial charge in [-0.2, -0.15) is 0 Å². The molecular formula is C17H20N2O2. The van der Waals surface area contributed by atoms with Crippen LogP contribution < -0.4 is 15.8 Å². The number of methoxy groups -OCH3 is 1. The number of amides is 1. The first-order valence-electron chi connectivity index (χ1n) is 6.86. The molecule has 110 valence electrons. The molecule has 0 saturated heterocycles. The van der Waals surface area contributed by atoms with Gasteiger partial charge in [0.1, 0.15) is 5.75 Å². The zero-order chi connectivity index (χ0) is 15.2. The van der Waals surface area contributed by atoms with Gasteiger partial charge in [0.25, 0.3) is 0 Å². The average Bonchev–Trinajstić information content (AvgIpc) is 2.48. The standard InChI is InChI=1S/C17H20N2O2/c1-12(14-5-7-15(18)8-6-14)19-17(20)11-13-3-9-16(21-2)10-4-13/h3-10,12H,11,18H2,1-2H3,(H,19,20). The molecule has 1 atom stereocenters. The number of hydrogen-bond acceptors (Lipinski definition) is 3. The molecule has 0 heterocycles. The SMILES string of the molecule is COc1ccc(CC(=O)NC(C)c2ccc(N)cc2)cc1. The van der Waals surface area contributed by atoms with Crippen LogP contribution in [0.5, 0.6) is 5.75 Å². The van der Waals surface area contributed by atoms with Crippen LogP contribution in [0.2, 0.25) is 0 Å². The molecule has 0 saturated carbocycles. The lowest BCUT2D eigenvalue weighted by molar-refractivity contribution is -0.121. The van der Waals surface area contributed by atoms with Crippen molar-refractivity contribution in [3.8, 4) is 5.75 Å². The van der Waals surface area contributed by atoms with E-state index in [-0.39, 0.29) is 11.9 Å². The first-order valence-corrected chi connectivity index (χ1v) is 6.86. The van der Waals surface area contributed by atoms with E-state index in [1.807, 2.05) is 55.5 Å². The summed E-state index contributed by atoms with van der Waals surface area (Å²) in [6.45, 7) is 1.96. The highest BCUT2D eigenvalue weighted by molar-refractivity contribution is 5.79. The van der Waals surface area contributed by atoms with Gasteiger partial charge in [-0.15, -0.1) is 0 Å². The fraction of sp³-hybridized carbons (Fsp3) is 0.235. The summed E-state index contributed by atoms with van der Waals surface area (Å²) < 4.78 is 5.10. The van der Waals surface area contributed by atoms with Gasteiger partial charge in [0.2, 0.25) is 5.91 Å². The van der Waals surface area contributed by atoms with E-state index in [0.29, 0.717) is 6.42 Å². The Labute approximate surface area is 124 Å². The number of carbonyl (C=O) groups excluding carboxylic acids is 1. The predicted molar refractivity (Wildman–Crippen MR) is 84.1 cm³/mol. The van der Waals surface area contributed by atoms with Crippen LogP contribution in [-0.4, -0.2) is 13.0 Å². The number of nitrogen functional groups attached to an aromatic ring is 1. The summed E-state index contributed by atoms with van der Waals surface area (Å²) in [6, 6.07) is 15.0. The molecule has 0 fully saturated rings. The molecule has 0 aliphatic carbocycles. The number of carbonyl (C=O) groups is 1. The first-order chi connectivity index (χ1) is 10.1. The summed E-state index contributed by atoms with van der Waals surface area (Å²) in [4.78, 5) is 12.1. The molecule has 0 aliphatic rings. The molecule has 3 N–H and O–H groups in total. The third-order valence-corrected chi connectivity index (χ3v) is 3.34. The highest BCUT2D eigenvalue weighted by Gasteiger charge is 2.10. The van der Waals surface area contributed by atoms with Crippen molar-refractivity contribution in [2.45, 2.75) is 19.4 Å². The van der Waals surface area contributed by atoms with Gasteiger partial charge in [0, 0.05) is 5.69 Å². The van der Waals surface area contributed by atoms with Crippen LogP contribution in [0.25, 0.3) is 0 Å². The van der Waals surface area contributed by atoms with Crippen molar-refractivity contribution in [2.75, 3.05) is 12.8 Å². The molecule has 2 rings (SSSR count). The Morgan fingerprint density at radius 1 is 1.14 bits per heavy atom. The van der Waals surface area contributed by atoms with Crippen LogP contribution in [0.4, 0.5) is 5.69 Å². The molecule has 4 heteroatoms. The zero-order valence-electron chi connectivity index (χ0n) is 12.3. The summed E-state index contributed by atoms with van der Waals surface area (Å²) in [5, 5.41) is 2.98. The lowest BCUT2D eigenvalue weighted by Gasteiger charge is -2.14. The molecule has 2 aromatic carbocycles. The molecule has 0 aliphatic heterocycles. The van der Waals surface area contributed by atoms with Gasteiger partial charge in [0.15, 0.2) is 0 Å². The molecule has 0 radical (unpaired) electrons. The minimum Gasteiger partial charge on any atom is -0.497 e. The fourth-order valence-corrected chi connectivity index (χ4v) is 2.09. The lowest BCUT2D eigenvalue weighted by Crippen LogP contribution is -2.28. The Balaban J connectivity index is 1.92. The molecule has 21 heavy (non-hydrogen) atoms. The van der Waals surface area contributed by atoms with Crippen LogP contribution in [-0.2, 0) is 11.2 Å². The maximum Gasteiger partial charge on any atom is 0.224 e. The second kappa shape index (κ2) is 6.79. The van der Waals surface area contributed by atoms with E-state index >= 15 is 0 Å². The monoisotopic (exact) mass is 284 g/mol. The van der Waals surface area contributed by atoms with Crippen molar-refractivity contribution in [2.24, 2.45) is 0 Å². The molecule has 0 aromatic heterocycles. The third-order valence-electron chi connectivity index (χ3n) is 3.34. The summed E-state index contributed by atoms with van der Waals surface area (Å²) in [5.74, 6) is 0.777. The zero-order valence-corrected chi connectivity index (χ0v) is 12.3. The third kappa shape index (κ3) is 4.24. The number of hydrogen-bond donors (Lipinski definition) is 2. The van der Waals surface area contributed by atoms with Crippen molar-refractivity contribution in [3.05, 3.63) is 59.7 Å².